The van der Waals surface area contributed by atoms with Gasteiger partial charge in [0.05, 0.1) is 12.1 Å². The fourth-order valence-electron chi connectivity index (χ4n) is 5.30. The standard InChI is InChI=1S/C23H23N3O5/c1-12(27)30-8-17-16-7-23(10-24,11-25)19-5-14-3-4-20(26-14)22(19)18(9-31-13(2)28)15(16)6-21(17)29/h5,14,20,22,26H,3-4,6-9H2,1-2H3/t14-,20+,22-/m1/s1. The van der Waals surface area contributed by atoms with Gasteiger partial charge in [0.1, 0.15) is 13.2 Å². The second-order valence-corrected chi connectivity index (χ2v) is 8.48. The molecule has 2 aliphatic heterocycles. The van der Waals surface area contributed by atoms with E-state index in [0.29, 0.717) is 16.7 Å². The Morgan fingerprint density at radius 2 is 1.81 bits per heavy atom. The highest BCUT2D eigenvalue weighted by atomic mass is 16.5. The van der Waals surface area contributed by atoms with Crippen LogP contribution >= 0.6 is 0 Å². The minimum Gasteiger partial charge on any atom is -0.461 e. The molecular weight excluding hydrogens is 398 g/mol. The maximum absolute atomic E-state index is 12.9. The fraction of sp³-hybridized carbons (Fsp3) is 0.522. The number of Topliss-reactive ketones (excluding diaryl/α,β-unsaturated/α-hetero) is 1. The summed E-state index contributed by atoms with van der Waals surface area (Å²) in [5.41, 5.74) is 1.63. The minimum absolute atomic E-state index is 0.00361. The van der Waals surface area contributed by atoms with E-state index in [1.165, 1.54) is 13.8 Å². The summed E-state index contributed by atoms with van der Waals surface area (Å²) in [5.74, 6) is -1.47. The number of ether oxygens (including phenoxy) is 2. The van der Waals surface area contributed by atoms with Crippen molar-refractivity contribution in [2.45, 2.75) is 51.6 Å². The molecule has 0 amide bonds. The van der Waals surface area contributed by atoms with Gasteiger partial charge < -0.3 is 14.8 Å². The van der Waals surface area contributed by atoms with E-state index in [2.05, 4.69) is 17.5 Å². The Labute approximate surface area is 180 Å². The number of carbonyl (C=O) groups is 3. The van der Waals surface area contributed by atoms with Crippen molar-refractivity contribution >= 4 is 17.7 Å². The van der Waals surface area contributed by atoms with E-state index in [1.807, 2.05) is 6.08 Å². The van der Waals surface area contributed by atoms with Crippen molar-refractivity contribution in [3.8, 4) is 12.1 Å². The normalized spacial score (nSPS) is 28.1. The van der Waals surface area contributed by atoms with Gasteiger partial charge in [-0.3, -0.25) is 14.4 Å². The number of esters is 2. The molecular formula is C23H23N3O5. The molecule has 0 aromatic heterocycles. The lowest BCUT2D eigenvalue weighted by Gasteiger charge is -2.36. The molecule has 4 rings (SSSR count). The topological polar surface area (TPSA) is 129 Å². The molecule has 160 valence electrons. The Morgan fingerprint density at radius 3 is 2.45 bits per heavy atom. The molecule has 0 spiro atoms. The lowest BCUT2D eigenvalue weighted by molar-refractivity contribution is -0.141. The summed E-state index contributed by atoms with van der Waals surface area (Å²) < 4.78 is 10.5. The largest absolute Gasteiger partial charge is 0.461 e. The van der Waals surface area contributed by atoms with E-state index in [0.717, 1.165) is 24.0 Å². The molecule has 4 aliphatic rings. The predicted octanol–water partition coefficient (Wildman–Crippen LogP) is 1.79. The van der Waals surface area contributed by atoms with Gasteiger partial charge in [0.15, 0.2) is 11.2 Å². The average Bonchev–Trinajstić information content (AvgIpc) is 3.22. The van der Waals surface area contributed by atoms with Gasteiger partial charge in [0.25, 0.3) is 0 Å². The Balaban J connectivity index is 1.93. The number of hydrogen-bond acceptors (Lipinski definition) is 8. The molecule has 8 heteroatoms. The van der Waals surface area contributed by atoms with E-state index >= 15 is 0 Å². The maximum atomic E-state index is 12.9. The van der Waals surface area contributed by atoms with Crippen molar-refractivity contribution in [2.24, 2.45) is 11.3 Å². The van der Waals surface area contributed by atoms with Crippen LogP contribution in [0.15, 0.2) is 33.9 Å². The van der Waals surface area contributed by atoms with Crippen LogP contribution in [0.5, 0.6) is 0 Å². The second-order valence-electron chi connectivity index (χ2n) is 8.48. The first-order valence-electron chi connectivity index (χ1n) is 10.3. The lowest BCUT2D eigenvalue weighted by atomic mass is 9.69. The Morgan fingerprint density at radius 1 is 1.13 bits per heavy atom. The van der Waals surface area contributed by atoms with Gasteiger partial charge in [-0.2, -0.15) is 10.5 Å². The van der Waals surface area contributed by atoms with Crippen molar-refractivity contribution in [2.75, 3.05) is 13.2 Å². The first-order chi connectivity index (χ1) is 14.8. The molecule has 0 radical (unpaired) electrons. The maximum Gasteiger partial charge on any atom is 0.302 e. The average molecular weight is 421 g/mol. The molecule has 2 heterocycles. The summed E-state index contributed by atoms with van der Waals surface area (Å²) in [7, 11) is 0. The highest BCUT2D eigenvalue weighted by molar-refractivity contribution is 6.03. The Hall–Kier alpha value is -3.23. The number of carbonyl (C=O) groups excluding carboxylic acids is 3. The smallest absolute Gasteiger partial charge is 0.302 e. The molecule has 31 heavy (non-hydrogen) atoms. The molecule has 0 aromatic rings. The molecule has 8 nitrogen and oxygen atoms in total. The van der Waals surface area contributed by atoms with Gasteiger partial charge in [-0.1, -0.05) is 6.08 Å². The van der Waals surface area contributed by atoms with Crippen molar-refractivity contribution in [1.29, 1.82) is 10.5 Å². The highest BCUT2D eigenvalue weighted by Gasteiger charge is 2.52. The summed E-state index contributed by atoms with van der Waals surface area (Å²) >= 11 is 0. The zero-order valence-electron chi connectivity index (χ0n) is 17.5. The number of nitriles is 2. The molecule has 0 saturated carbocycles. The van der Waals surface area contributed by atoms with Crippen LogP contribution in [0.2, 0.25) is 0 Å². The summed E-state index contributed by atoms with van der Waals surface area (Å²) in [6.07, 6.45) is 3.85. The summed E-state index contributed by atoms with van der Waals surface area (Å²) in [6, 6.07) is 4.54. The van der Waals surface area contributed by atoms with Gasteiger partial charge in [-0.05, 0) is 35.1 Å². The van der Waals surface area contributed by atoms with E-state index in [-0.39, 0.29) is 49.8 Å². The molecule has 0 unspecified atom stereocenters. The van der Waals surface area contributed by atoms with Gasteiger partial charge in [-0.25, -0.2) is 0 Å². The van der Waals surface area contributed by atoms with E-state index in [4.69, 9.17) is 9.47 Å². The van der Waals surface area contributed by atoms with Crippen LogP contribution < -0.4 is 5.32 Å². The van der Waals surface area contributed by atoms with E-state index < -0.39 is 17.4 Å². The van der Waals surface area contributed by atoms with Crippen molar-refractivity contribution in [1.82, 2.24) is 5.32 Å². The fourth-order valence-corrected chi connectivity index (χ4v) is 5.30. The van der Waals surface area contributed by atoms with Crippen molar-refractivity contribution in [3.63, 3.8) is 0 Å². The SMILES string of the molecule is CC(=O)OCC1=C2CC(C#N)(C#N)C3=C[C@H]4CC[C@H](N4)[C@@H]3C(COC(C)=O)=C2CC1=O. The molecule has 2 bridgehead atoms. The minimum atomic E-state index is -1.45. The van der Waals surface area contributed by atoms with Crippen LogP contribution in [0.4, 0.5) is 0 Å². The molecule has 1 N–H and O–H groups in total. The van der Waals surface area contributed by atoms with Crippen LogP contribution in [0.1, 0.15) is 39.5 Å². The van der Waals surface area contributed by atoms with Crippen LogP contribution in [0.25, 0.3) is 0 Å². The van der Waals surface area contributed by atoms with Crippen molar-refractivity contribution in [3.05, 3.63) is 33.9 Å². The van der Waals surface area contributed by atoms with Gasteiger partial charge in [0.2, 0.25) is 0 Å². The zero-order chi connectivity index (χ0) is 22.3. The summed E-state index contributed by atoms with van der Waals surface area (Å²) in [5, 5.41) is 23.8. The molecule has 1 fully saturated rings. The summed E-state index contributed by atoms with van der Waals surface area (Å²) in [4.78, 5) is 35.8. The quantitative estimate of drug-likeness (QED) is 0.537. The first-order valence-corrected chi connectivity index (χ1v) is 10.3. The number of nitrogens with zero attached hydrogens (tertiary/aromatic N) is 2. The number of rotatable bonds is 4. The molecule has 2 aliphatic carbocycles. The predicted molar refractivity (Wildman–Crippen MR) is 107 cm³/mol. The van der Waals surface area contributed by atoms with Gasteiger partial charge >= 0.3 is 11.9 Å². The third kappa shape index (κ3) is 3.47. The highest BCUT2D eigenvalue weighted by Crippen LogP contribution is 2.53. The first kappa shape index (κ1) is 21.0. The number of nitrogens with one attached hydrogen (secondary N) is 1. The number of fused-ring (bicyclic) bond motifs is 5. The van der Waals surface area contributed by atoms with Crippen LogP contribution in [-0.4, -0.2) is 43.0 Å². The number of ketones is 1. The molecule has 0 aromatic carbocycles. The third-order valence-electron chi connectivity index (χ3n) is 6.67. The third-order valence-corrected chi connectivity index (χ3v) is 6.67. The van der Waals surface area contributed by atoms with E-state index in [9.17, 15) is 24.9 Å². The number of allylic oxidation sites excluding steroid dienone is 2. The molecule has 1 saturated heterocycles. The van der Waals surface area contributed by atoms with E-state index in [1.54, 1.807) is 0 Å². The monoisotopic (exact) mass is 421 g/mol. The second kappa shape index (κ2) is 7.79. The Bertz CT molecular complexity index is 1040. The van der Waals surface area contributed by atoms with Crippen LogP contribution in [0, 0.1) is 34.0 Å². The van der Waals surface area contributed by atoms with Crippen molar-refractivity contribution < 1.29 is 23.9 Å². The van der Waals surface area contributed by atoms with Crippen LogP contribution in [-0.2, 0) is 23.9 Å². The Kier molecular flexibility index (Phi) is 5.28. The lowest BCUT2D eigenvalue weighted by Crippen LogP contribution is -2.44. The van der Waals surface area contributed by atoms with Gasteiger partial charge in [0, 0.05) is 50.3 Å². The summed E-state index contributed by atoms with van der Waals surface area (Å²) in [6.45, 7) is 2.37. The van der Waals surface area contributed by atoms with Crippen LogP contribution in [0.3, 0.4) is 0 Å². The number of hydrogen-bond donors (Lipinski definition) is 1. The van der Waals surface area contributed by atoms with Gasteiger partial charge in [-0.15, -0.1) is 0 Å². The zero-order valence-corrected chi connectivity index (χ0v) is 17.5. The molecule has 3 atom stereocenters.